The largest absolute Gasteiger partial charge is 0.399 e. The number of rotatable bonds is 8. The molecule has 108 valence electrons. The van der Waals surface area contributed by atoms with Gasteiger partial charge in [-0.3, -0.25) is 0 Å². The zero-order valence-electron chi connectivity index (χ0n) is 12.1. The lowest BCUT2D eigenvalue weighted by Crippen LogP contribution is -2.23. The number of methoxy groups -OCH3 is 1. The average molecular weight is 268 g/mol. The Labute approximate surface area is 115 Å². The molecule has 0 bridgehead atoms. The van der Waals surface area contributed by atoms with E-state index >= 15 is 0 Å². The molecule has 0 saturated carbocycles. The van der Waals surface area contributed by atoms with Crippen molar-refractivity contribution in [1.82, 2.24) is 0 Å². The van der Waals surface area contributed by atoms with E-state index in [4.69, 9.17) is 19.9 Å². The Morgan fingerprint density at radius 3 is 2.63 bits per heavy atom. The van der Waals surface area contributed by atoms with E-state index in [2.05, 4.69) is 5.32 Å². The second-order valence-electron chi connectivity index (χ2n) is 4.38. The van der Waals surface area contributed by atoms with Crippen LogP contribution in [0.4, 0.5) is 11.4 Å². The van der Waals surface area contributed by atoms with Crippen LogP contribution in [0.1, 0.15) is 19.4 Å². The third-order valence-electron chi connectivity index (χ3n) is 2.77. The minimum Gasteiger partial charge on any atom is -0.399 e. The molecule has 5 heteroatoms. The fraction of sp³-hybridized carbons (Fsp3) is 0.571. The van der Waals surface area contributed by atoms with Crippen LogP contribution in [0.5, 0.6) is 0 Å². The summed E-state index contributed by atoms with van der Waals surface area (Å²) in [7, 11) is 1.60. The molecule has 0 aromatic heterocycles. The van der Waals surface area contributed by atoms with Gasteiger partial charge in [0.1, 0.15) is 0 Å². The predicted octanol–water partition coefficient (Wildman–Crippen LogP) is 2.36. The van der Waals surface area contributed by atoms with Crippen LogP contribution in [-0.4, -0.2) is 32.8 Å². The molecular weight excluding hydrogens is 244 g/mol. The van der Waals surface area contributed by atoms with E-state index in [-0.39, 0.29) is 12.6 Å². The normalized spacial score (nSPS) is 14.1. The lowest BCUT2D eigenvalue weighted by Gasteiger charge is -2.18. The molecule has 19 heavy (non-hydrogen) atoms. The van der Waals surface area contributed by atoms with Crippen molar-refractivity contribution in [3.8, 4) is 0 Å². The summed E-state index contributed by atoms with van der Waals surface area (Å²) in [5.74, 6) is 0. The second kappa shape index (κ2) is 7.99. The molecular formula is C14H24N2O3. The molecule has 0 radical (unpaired) electrons. The Morgan fingerprint density at radius 1 is 1.26 bits per heavy atom. The number of hydrogen-bond acceptors (Lipinski definition) is 5. The van der Waals surface area contributed by atoms with Crippen LogP contribution in [0.3, 0.4) is 0 Å². The number of nitrogens with one attached hydrogen (secondary N) is 1. The van der Waals surface area contributed by atoms with Crippen molar-refractivity contribution in [1.29, 1.82) is 0 Å². The van der Waals surface area contributed by atoms with Gasteiger partial charge in [-0.25, -0.2) is 0 Å². The maximum absolute atomic E-state index is 5.76. The standard InChI is InChI=1S/C14H24N2O3/c1-10-9-13(5-6-14(10)15)16-7-8-18-12(3)19-11(2)17-4/h5-6,9,11-12,16H,7-8,15H2,1-4H3. The zero-order valence-corrected chi connectivity index (χ0v) is 12.1. The maximum atomic E-state index is 5.76. The SMILES string of the molecule is COC(C)OC(C)OCCNc1ccc(N)c(C)c1. The first-order chi connectivity index (χ1) is 9.02. The highest BCUT2D eigenvalue weighted by Gasteiger charge is 2.07. The van der Waals surface area contributed by atoms with E-state index < -0.39 is 0 Å². The molecule has 0 amide bonds. The van der Waals surface area contributed by atoms with Gasteiger partial charge in [-0.2, -0.15) is 0 Å². The Hall–Kier alpha value is -1.30. The number of nitrogen functional groups attached to an aromatic ring is 1. The van der Waals surface area contributed by atoms with Crippen molar-refractivity contribution >= 4 is 11.4 Å². The minimum absolute atomic E-state index is 0.261. The Morgan fingerprint density at radius 2 is 2.00 bits per heavy atom. The molecule has 5 nitrogen and oxygen atoms in total. The lowest BCUT2D eigenvalue weighted by atomic mass is 10.2. The van der Waals surface area contributed by atoms with E-state index in [1.54, 1.807) is 7.11 Å². The number of anilines is 2. The molecule has 0 fully saturated rings. The van der Waals surface area contributed by atoms with Gasteiger partial charge in [0, 0.05) is 25.0 Å². The van der Waals surface area contributed by atoms with Crippen molar-refractivity contribution in [2.24, 2.45) is 0 Å². The molecule has 1 aromatic carbocycles. The Kier molecular flexibility index (Phi) is 6.62. The van der Waals surface area contributed by atoms with Gasteiger partial charge in [0.15, 0.2) is 12.6 Å². The zero-order chi connectivity index (χ0) is 14.3. The van der Waals surface area contributed by atoms with Gasteiger partial charge in [0.05, 0.1) is 6.61 Å². The van der Waals surface area contributed by atoms with Crippen LogP contribution >= 0.6 is 0 Å². The number of ether oxygens (including phenoxy) is 3. The van der Waals surface area contributed by atoms with E-state index in [1.807, 2.05) is 39.0 Å². The third kappa shape index (κ3) is 5.92. The number of nitrogens with two attached hydrogens (primary N) is 1. The van der Waals surface area contributed by atoms with Crippen LogP contribution in [0.2, 0.25) is 0 Å². The summed E-state index contributed by atoms with van der Waals surface area (Å²) in [5.41, 5.74) is 8.67. The molecule has 0 aliphatic rings. The first-order valence-corrected chi connectivity index (χ1v) is 6.42. The van der Waals surface area contributed by atoms with Crippen LogP contribution < -0.4 is 11.1 Å². The highest BCUT2D eigenvalue weighted by Crippen LogP contribution is 2.16. The summed E-state index contributed by atoms with van der Waals surface area (Å²) in [4.78, 5) is 0. The summed E-state index contributed by atoms with van der Waals surface area (Å²) in [6, 6.07) is 5.86. The van der Waals surface area contributed by atoms with Gasteiger partial charge in [-0.1, -0.05) is 0 Å². The number of benzene rings is 1. The third-order valence-corrected chi connectivity index (χ3v) is 2.77. The van der Waals surface area contributed by atoms with E-state index in [1.165, 1.54) is 0 Å². The molecule has 1 aromatic rings. The van der Waals surface area contributed by atoms with Crippen molar-refractivity contribution < 1.29 is 14.2 Å². The summed E-state index contributed by atoms with van der Waals surface area (Å²) in [6.45, 7) is 6.93. The summed E-state index contributed by atoms with van der Waals surface area (Å²) in [5, 5.41) is 3.27. The summed E-state index contributed by atoms with van der Waals surface area (Å²) >= 11 is 0. The van der Waals surface area contributed by atoms with E-state index in [9.17, 15) is 0 Å². The predicted molar refractivity (Wildman–Crippen MR) is 77.1 cm³/mol. The Balaban J connectivity index is 2.21. The quantitative estimate of drug-likeness (QED) is 0.430. The minimum atomic E-state index is -0.287. The molecule has 0 aliphatic heterocycles. The highest BCUT2D eigenvalue weighted by atomic mass is 16.8. The smallest absolute Gasteiger partial charge is 0.158 e. The van der Waals surface area contributed by atoms with Gasteiger partial charge in [0.25, 0.3) is 0 Å². The molecule has 2 unspecified atom stereocenters. The van der Waals surface area contributed by atoms with Crippen molar-refractivity contribution in [2.75, 3.05) is 31.3 Å². The van der Waals surface area contributed by atoms with Crippen LogP contribution in [-0.2, 0) is 14.2 Å². The van der Waals surface area contributed by atoms with E-state index in [0.29, 0.717) is 13.2 Å². The highest BCUT2D eigenvalue weighted by molar-refractivity contribution is 5.56. The molecule has 3 N–H and O–H groups in total. The maximum Gasteiger partial charge on any atom is 0.158 e. The monoisotopic (exact) mass is 268 g/mol. The lowest BCUT2D eigenvalue weighted by molar-refractivity contribution is -0.221. The molecule has 0 saturated heterocycles. The van der Waals surface area contributed by atoms with Crippen LogP contribution in [0.15, 0.2) is 18.2 Å². The van der Waals surface area contributed by atoms with Crippen molar-refractivity contribution in [2.45, 2.75) is 33.4 Å². The molecule has 0 aliphatic carbocycles. The van der Waals surface area contributed by atoms with Gasteiger partial charge < -0.3 is 25.3 Å². The molecule has 2 atom stereocenters. The molecule has 0 heterocycles. The Bertz CT molecular complexity index is 385. The van der Waals surface area contributed by atoms with Crippen LogP contribution in [0, 0.1) is 6.92 Å². The summed E-state index contributed by atoms with van der Waals surface area (Å²) < 4.78 is 15.9. The van der Waals surface area contributed by atoms with Crippen LogP contribution in [0.25, 0.3) is 0 Å². The van der Waals surface area contributed by atoms with Gasteiger partial charge in [-0.05, 0) is 44.5 Å². The first-order valence-electron chi connectivity index (χ1n) is 6.42. The van der Waals surface area contributed by atoms with Gasteiger partial charge >= 0.3 is 0 Å². The number of hydrogen-bond donors (Lipinski definition) is 2. The summed E-state index contributed by atoms with van der Waals surface area (Å²) in [6.07, 6.45) is -0.549. The fourth-order valence-corrected chi connectivity index (χ4v) is 1.57. The molecule has 0 spiro atoms. The second-order valence-corrected chi connectivity index (χ2v) is 4.38. The first kappa shape index (κ1) is 15.8. The van der Waals surface area contributed by atoms with Crippen molar-refractivity contribution in [3.05, 3.63) is 23.8 Å². The topological polar surface area (TPSA) is 65.7 Å². The molecule has 1 rings (SSSR count). The van der Waals surface area contributed by atoms with Gasteiger partial charge in [-0.15, -0.1) is 0 Å². The fourth-order valence-electron chi connectivity index (χ4n) is 1.57. The van der Waals surface area contributed by atoms with Gasteiger partial charge in [0.2, 0.25) is 0 Å². The average Bonchev–Trinajstić information content (AvgIpc) is 2.38. The van der Waals surface area contributed by atoms with E-state index in [0.717, 1.165) is 16.9 Å². The number of aryl methyl sites for hydroxylation is 1. The van der Waals surface area contributed by atoms with Crippen molar-refractivity contribution in [3.63, 3.8) is 0 Å².